The van der Waals surface area contributed by atoms with Crippen LogP contribution in [0, 0.1) is 14.0 Å². The second-order valence-electron chi connectivity index (χ2n) is 1.87. The maximum atomic E-state index is 10.1. The molecule has 0 bridgehead atoms. The molecule has 1 aliphatic carbocycles. The van der Waals surface area contributed by atoms with E-state index in [1.165, 1.54) is 6.08 Å². The molecular formula is C6H5INO2. The number of allylic oxidation sites excluding steroid dienone is 3. The fraction of sp³-hybridized carbons (Fsp3) is 0.167. The molecule has 4 heteroatoms. The molecule has 0 aromatic carbocycles. The van der Waals surface area contributed by atoms with Gasteiger partial charge in [0.15, 0.2) is 0 Å². The van der Waals surface area contributed by atoms with Crippen molar-refractivity contribution in [3.8, 4) is 0 Å². The third-order valence-corrected chi connectivity index (χ3v) is 1.95. The molecule has 0 unspecified atom stereocenters. The molecule has 0 saturated carbocycles. The van der Waals surface area contributed by atoms with Gasteiger partial charge in [0.2, 0.25) is 0 Å². The van der Waals surface area contributed by atoms with Crippen LogP contribution in [-0.4, -0.2) is 4.92 Å². The van der Waals surface area contributed by atoms with E-state index in [1.54, 1.807) is 12.2 Å². The number of rotatable bonds is 1. The summed E-state index contributed by atoms with van der Waals surface area (Å²) in [4.78, 5) is 9.76. The molecule has 0 fully saturated rings. The van der Waals surface area contributed by atoms with Gasteiger partial charge in [0.25, 0.3) is 5.70 Å². The van der Waals surface area contributed by atoms with Gasteiger partial charge in [-0.1, -0.05) is 28.7 Å². The molecule has 0 atom stereocenters. The third kappa shape index (κ3) is 1.80. The van der Waals surface area contributed by atoms with Gasteiger partial charge in [-0.2, -0.15) is 0 Å². The molecule has 0 aliphatic heterocycles. The molecule has 1 rings (SSSR count). The number of nitro groups is 1. The van der Waals surface area contributed by atoms with Crippen molar-refractivity contribution in [2.24, 2.45) is 0 Å². The van der Waals surface area contributed by atoms with E-state index in [4.69, 9.17) is 0 Å². The van der Waals surface area contributed by atoms with Crippen molar-refractivity contribution in [1.29, 1.82) is 0 Å². The van der Waals surface area contributed by atoms with Crippen LogP contribution < -0.4 is 0 Å². The maximum absolute atomic E-state index is 10.1. The molecule has 0 saturated heterocycles. The molecule has 0 heterocycles. The average molecular weight is 250 g/mol. The second kappa shape index (κ2) is 3.14. The lowest BCUT2D eigenvalue weighted by atomic mass is 10.1. The Balaban J connectivity index is 2.67. The van der Waals surface area contributed by atoms with Gasteiger partial charge in [-0.3, -0.25) is 10.1 Å². The first-order chi connectivity index (χ1) is 4.70. The minimum Gasteiger partial charge on any atom is -0.258 e. The molecule has 1 radical (unpaired) electrons. The molecule has 0 spiro atoms. The predicted molar refractivity (Wildman–Crippen MR) is 46.1 cm³/mol. The summed E-state index contributed by atoms with van der Waals surface area (Å²) in [5, 5.41) is 10.1. The largest absolute Gasteiger partial charge is 0.265 e. The summed E-state index contributed by atoms with van der Waals surface area (Å²) in [5.74, 6) is 0. The number of hydrogen-bond acceptors (Lipinski definition) is 2. The quantitative estimate of drug-likeness (QED) is 0.406. The summed E-state index contributed by atoms with van der Waals surface area (Å²) in [7, 11) is 0. The Kier molecular flexibility index (Phi) is 2.42. The van der Waals surface area contributed by atoms with Crippen LogP contribution in [0.5, 0.6) is 0 Å². The van der Waals surface area contributed by atoms with Gasteiger partial charge in [-0.25, -0.2) is 0 Å². The van der Waals surface area contributed by atoms with Crippen LogP contribution in [0.4, 0.5) is 0 Å². The molecular weight excluding hydrogens is 245 g/mol. The van der Waals surface area contributed by atoms with Gasteiger partial charge in [0, 0.05) is 6.08 Å². The highest BCUT2D eigenvalue weighted by atomic mass is 127. The van der Waals surface area contributed by atoms with E-state index in [1.807, 2.05) is 0 Å². The topological polar surface area (TPSA) is 43.1 Å². The highest BCUT2D eigenvalue weighted by Gasteiger charge is 2.12. The average Bonchev–Trinajstić information content (AvgIpc) is 1.88. The highest BCUT2D eigenvalue weighted by Crippen LogP contribution is 2.23. The monoisotopic (exact) mass is 250 g/mol. The summed E-state index contributed by atoms with van der Waals surface area (Å²) in [6.45, 7) is 0. The summed E-state index contributed by atoms with van der Waals surface area (Å²) in [6, 6.07) is 0. The molecule has 0 N–H and O–H groups in total. The zero-order valence-corrected chi connectivity index (χ0v) is 7.24. The van der Waals surface area contributed by atoms with E-state index in [0.29, 0.717) is 6.42 Å². The molecule has 53 valence electrons. The van der Waals surface area contributed by atoms with Gasteiger partial charge in [0.05, 0.1) is 8.85 Å². The Morgan fingerprint density at radius 3 is 2.70 bits per heavy atom. The number of nitrogens with zero attached hydrogens (tertiary/aromatic N) is 1. The van der Waals surface area contributed by atoms with Gasteiger partial charge in [0.1, 0.15) is 0 Å². The van der Waals surface area contributed by atoms with Crippen molar-refractivity contribution >= 4 is 22.6 Å². The minimum absolute atomic E-state index is 0.195. The zero-order chi connectivity index (χ0) is 7.56. The van der Waals surface area contributed by atoms with Crippen LogP contribution in [0.1, 0.15) is 6.42 Å². The third-order valence-electron chi connectivity index (χ3n) is 1.15. The predicted octanol–water partition coefficient (Wildman–Crippen LogP) is 2.07. The van der Waals surface area contributed by atoms with Crippen LogP contribution in [0.25, 0.3) is 0 Å². The Hall–Kier alpha value is -0.390. The first-order valence-corrected chi connectivity index (χ1v) is 3.82. The van der Waals surface area contributed by atoms with Crippen molar-refractivity contribution in [2.75, 3.05) is 0 Å². The first-order valence-electron chi connectivity index (χ1n) is 2.74. The number of hydrogen-bond donors (Lipinski definition) is 0. The van der Waals surface area contributed by atoms with E-state index < -0.39 is 0 Å². The molecule has 1 aliphatic rings. The van der Waals surface area contributed by atoms with Crippen LogP contribution in [0.15, 0.2) is 23.9 Å². The molecule has 10 heavy (non-hydrogen) atoms. The Labute approximate surface area is 72.1 Å². The fourth-order valence-corrected chi connectivity index (χ4v) is 1.05. The van der Waals surface area contributed by atoms with Crippen LogP contribution >= 0.6 is 22.6 Å². The lowest BCUT2D eigenvalue weighted by Gasteiger charge is -2.02. The van der Waals surface area contributed by atoms with Crippen molar-refractivity contribution in [3.63, 3.8) is 0 Å². The highest BCUT2D eigenvalue weighted by molar-refractivity contribution is 14.1. The van der Waals surface area contributed by atoms with E-state index in [-0.39, 0.29) is 10.6 Å². The van der Waals surface area contributed by atoms with Crippen LogP contribution in [0.2, 0.25) is 0 Å². The summed E-state index contributed by atoms with van der Waals surface area (Å²) >= 11 is 2.15. The zero-order valence-electron chi connectivity index (χ0n) is 5.08. The molecule has 0 aromatic heterocycles. The SMILES string of the molecule is O=[N+]([O-])C1=CC[C](I)C=C1. The maximum Gasteiger partial charge on any atom is 0.265 e. The second-order valence-corrected chi connectivity index (χ2v) is 3.26. The fourth-order valence-electron chi connectivity index (χ4n) is 0.649. The molecule has 3 nitrogen and oxygen atoms in total. The van der Waals surface area contributed by atoms with Crippen molar-refractivity contribution in [2.45, 2.75) is 6.42 Å². The Morgan fingerprint density at radius 1 is 1.60 bits per heavy atom. The summed E-state index contributed by atoms with van der Waals surface area (Å²) in [6.07, 6.45) is 5.58. The summed E-state index contributed by atoms with van der Waals surface area (Å²) in [5.41, 5.74) is 0.195. The van der Waals surface area contributed by atoms with Gasteiger partial charge in [-0.05, 0) is 12.5 Å². The van der Waals surface area contributed by atoms with Gasteiger partial charge >= 0.3 is 0 Å². The van der Waals surface area contributed by atoms with Crippen molar-refractivity contribution in [1.82, 2.24) is 0 Å². The number of halogens is 1. The van der Waals surface area contributed by atoms with Gasteiger partial charge < -0.3 is 0 Å². The van der Waals surface area contributed by atoms with E-state index in [9.17, 15) is 10.1 Å². The van der Waals surface area contributed by atoms with E-state index in [0.717, 1.165) is 3.92 Å². The van der Waals surface area contributed by atoms with Crippen LogP contribution in [-0.2, 0) is 0 Å². The Morgan fingerprint density at radius 2 is 2.30 bits per heavy atom. The smallest absolute Gasteiger partial charge is 0.258 e. The lowest BCUT2D eigenvalue weighted by molar-refractivity contribution is -0.419. The molecule has 0 aromatic rings. The first kappa shape index (κ1) is 7.71. The summed E-state index contributed by atoms with van der Waals surface area (Å²) < 4.78 is 1.13. The normalized spacial score (nSPS) is 18.7. The van der Waals surface area contributed by atoms with E-state index in [2.05, 4.69) is 22.6 Å². The Bertz CT molecular complexity index is 210. The van der Waals surface area contributed by atoms with Crippen LogP contribution in [0.3, 0.4) is 0 Å². The van der Waals surface area contributed by atoms with Crippen molar-refractivity contribution < 1.29 is 4.92 Å². The van der Waals surface area contributed by atoms with Crippen molar-refractivity contribution in [3.05, 3.63) is 38.0 Å². The standard InChI is InChI=1S/C6H5INO2/c7-5-1-3-6(4-2-5)8(9)10/h1,3-4H,2H2. The minimum atomic E-state index is -0.375. The lowest BCUT2D eigenvalue weighted by Crippen LogP contribution is -1.99. The van der Waals surface area contributed by atoms with E-state index >= 15 is 0 Å². The molecule has 0 amide bonds. The van der Waals surface area contributed by atoms with Gasteiger partial charge in [-0.15, -0.1) is 0 Å².